The van der Waals surface area contributed by atoms with Crippen LogP contribution in [0.2, 0.25) is 0 Å². The van der Waals surface area contributed by atoms with Crippen molar-refractivity contribution in [3.8, 4) is 0 Å². The molecule has 2 unspecified atom stereocenters. The quantitative estimate of drug-likeness (QED) is 0.266. The molecule has 1 saturated heterocycles. The largest absolute Gasteiger partial charge is 0.355 e. The van der Waals surface area contributed by atoms with Crippen molar-refractivity contribution in [1.29, 1.82) is 0 Å². The summed E-state index contributed by atoms with van der Waals surface area (Å²) in [7, 11) is 0. The standard InChI is InChI=1S/C5H8N4O2/c6-9-7-1-4-3-11-5(2-10)8-4/h2,4-5,8H,1,3H2. The van der Waals surface area contributed by atoms with Gasteiger partial charge in [0.2, 0.25) is 0 Å². The van der Waals surface area contributed by atoms with E-state index in [1.165, 1.54) is 0 Å². The van der Waals surface area contributed by atoms with Crippen LogP contribution < -0.4 is 5.32 Å². The first-order valence-electron chi connectivity index (χ1n) is 3.20. The molecule has 0 amide bonds. The molecule has 1 aliphatic heterocycles. The van der Waals surface area contributed by atoms with Crippen molar-refractivity contribution < 1.29 is 9.53 Å². The summed E-state index contributed by atoms with van der Waals surface area (Å²) in [6.07, 6.45) is 0.143. The van der Waals surface area contributed by atoms with Gasteiger partial charge >= 0.3 is 0 Å². The summed E-state index contributed by atoms with van der Waals surface area (Å²) in [5, 5.41) is 6.16. The number of carbonyl (C=O) groups excluding carboxylic acids is 1. The fraction of sp³-hybridized carbons (Fsp3) is 0.800. The van der Waals surface area contributed by atoms with E-state index in [1.54, 1.807) is 0 Å². The Balaban J connectivity index is 2.29. The van der Waals surface area contributed by atoms with E-state index in [1.807, 2.05) is 0 Å². The number of rotatable bonds is 3. The topological polar surface area (TPSA) is 87.1 Å². The summed E-state index contributed by atoms with van der Waals surface area (Å²) in [6.45, 7) is 0.739. The number of aldehydes is 1. The van der Waals surface area contributed by atoms with Gasteiger partial charge in [0.05, 0.1) is 6.61 Å². The molecule has 0 aliphatic carbocycles. The lowest BCUT2D eigenvalue weighted by Crippen LogP contribution is -2.33. The first-order valence-corrected chi connectivity index (χ1v) is 3.20. The Labute approximate surface area is 63.2 Å². The van der Waals surface area contributed by atoms with Crippen LogP contribution in [0.3, 0.4) is 0 Å². The van der Waals surface area contributed by atoms with Crippen LogP contribution in [-0.2, 0) is 9.53 Å². The molecule has 6 nitrogen and oxygen atoms in total. The van der Waals surface area contributed by atoms with E-state index < -0.39 is 6.23 Å². The molecule has 2 atom stereocenters. The Morgan fingerprint density at radius 1 is 1.91 bits per heavy atom. The molecule has 6 heteroatoms. The summed E-state index contributed by atoms with van der Waals surface area (Å²) in [5.74, 6) is 0. The fourth-order valence-corrected chi connectivity index (χ4v) is 0.867. The van der Waals surface area contributed by atoms with E-state index in [9.17, 15) is 4.79 Å². The van der Waals surface area contributed by atoms with Crippen LogP contribution in [0.25, 0.3) is 10.4 Å². The average molecular weight is 156 g/mol. The second-order valence-corrected chi connectivity index (χ2v) is 2.17. The van der Waals surface area contributed by atoms with E-state index in [2.05, 4.69) is 15.3 Å². The second kappa shape index (κ2) is 3.92. The second-order valence-electron chi connectivity index (χ2n) is 2.17. The van der Waals surface area contributed by atoms with Crippen molar-refractivity contribution in [2.75, 3.05) is 13.2 Å². The third-order valence-corrected chi connectivity index (χ3v) is 1.37. The van der Waals surface area contributed by atoms with Crippen LogP contribution in [0.15, 0.2) is 5.11 Å². The first kappa shape index (κ1) is 8.00. The van der Waals surface area contributed by atoms with Crippen LogP contribution in [0.1, 0.15) is 0 Å². The SMILES string of the molecule is [N-]=[N+]=NCC1COC(C=O)N1. The van der Waals surface area contributed by atoms with Crippen molar-refractivity contribution in [3.05, 3.63) is 10.4 Å². The molecule has 1 fully saturated rings. The highest BCUT2D eigenvalue weighted by atomic mass is 16.5. The molecule has 0 aromatic heterocycles. The first-order chi connectivity index (χ1) is 5.36. The van der Waals surface area contributed by atoms with Gasteiger partial charge in [-0.15, -0.1) is 0 Å². The lowest BCUT2D eigenvalue weighted by atomic mass is 10.3. The number of nitrogens with zero attached hydrogens (tertiary/aromatic N) is 3. The maximum Gasteiger partial charge on any atom is 0.164 e. The van der Waals surface area contributed by atoms with Crippen molar-refractivity contribution in [1.82, 2.24) is 5.32 Å². The van der Waals surface area contributed by atoms with E-state index in [0.717, 1.165) is 0 Å². The highest BCUT2D eigenvalue weighted by Crippen LogP contribution is 2.00. The molecule has 0 radical (unpaired) electrons. The van der Waals surface area contributed by atoms with Crippen LogP contribution >= 0.6 is 0 Å². The van der Waals surface area contributed by atoms with Gasteiger partial charge in [0.15, 0.2) is 12.5 Å². The number of nitrogens with one attached hydrogen (secondary N) is 1. The predicted octanol–water partition coefficient (Wildman–Crippen LogP) is -0.190. The van der Waals surface area contributed by atoms with Crippen molar-refractivity contribution in [2.45, 2.75) is 12.3 Å². The minimum absolute atomic E-state index is 0.0268. The lowest BCUT2D eigenvalue weighted by molar-refractivity contribution is -0.116. The molecule has 1 N–H and O–H groups in total. The van der Waals surface area contributed by atoms with Gasteiger partial charge in [0.25, 0.3) is 0 Å². The Bertz CT molecular complexity index is 189. The monoisotopic (exact) mass is 156 g/mol. The van der Waals surface area contributed by atoms with Crippen LogP contribution in [0.5, 0.6) is 0 Å². The fourth-order valence-electron chi connectivity index (χ4n) is 0.867. The van der Waals surface area contributed by atoms with Gasteiger partial charge in [-0.25, -0.2) is 0 Å². The molecule has 1 heterocycles. The van der Waals surface area contributed by atoms with E-state index >= 15 is 0 Å². The van der Waals surface area contributed by atoms with Crippen molar-refractivity contribution in [2.24, 2.45) is 5.11 Å². The van der Waals surface area contributed by atoms with Crippen molar-refractivity contribution in [3.63, 3.8) is 0 Å². The number of hydrogen-bond donors (Lipinski definition) is 1. The molecular weight excluding hydrogens is 148 g/mol. The van der Waals surface area contributed by atoms with Gasteiger partial charge in [0.1, 0.15) is 0 Å². The van der Waals surface area contributed by atoms with Gasteiger partial charge in [-0.2, -0.15) is 0 Å². The maximum absolute atomic E-state index is 10.1. The summed E-state index contributed by atoms with van der Waals surface area (Å²) in [4.78, 5) is 12.7. The molecule has 0 bridgehead atoms. The summed E-state index contributed by atoms with van der Waals surface area (Å²) >= 11 is 0. The third-order valence-electron chi connectivity index (χ3n) is 1.37. The minimum atomic E-state index is -0.533. The normalized spacial score (nSPS) is 29.5. The van der Waals surface area contributed by atoms with Gasteiger partial charge in [-0.1, -0.05) is 5.11 Å². The van der Waals surface area contributed by atoms with E-state index in [-0.39, 0.29) is 6.04 Å². The lowest BCUT2D eigenvalue weighted by Gasteiger charge is -2.02. The zero-order valence-electron chi connectivity index (χ0n) is 5.80. The minimum Gasteiger partial charge on any atom is -0.355 e. The number of azide groups is 1. The molecule has 1 aliphatic rings. The smallest absolute Gasteiger partial charge is 0.164 e. The van der Waals surface area contributed by atoms with Crippen LogP contribution in [0, 0.1) is 0 Å². The molecule has 0 spiro atoms. The number of hydrogen-bond acceptors (Lipinski definition) is 4. The Morgan fingerprint density at radius 3 is 3.27 bits per heavy atom. The van der Waals surface area contributed by atoms with Gasteiger partial charge in [-0.3, -0.25) is 10.1 Å². The van der Waals surface area contributed by atoms with Crippen LogP contribution in [0.4, 0.5) is 0 Å². The third kappa shape index (κ3) is 2.19. The molecular formula is C5H8N4O2. The van der Waals surface area contributed by atoms with E-state index in [4.69, 9.17) is 10.3 Å². The van der Waals surface area contributed by atoms with E-state index in [0.29, 0.717) is 19.4 Å². The summed E-state index contributed by atoms with van der Waals surface area (Å²) in [6, 6.07) is -0.0268. The van der Waals surface area contributed by atoms with Gasteiger partial charge < -0.3 is 4.74 Å². The Morgan fingerprint density at radius 2 is 2.73 bits per heavy atom. The van der Waals surface area contributed by atoms with Crippen molar-refractivity contribution >= 4 is 6.29 Å². The number of carbonyl (C=O) groups is 1. The van der Waals surface area contributed by atoms with Gasteiger partial charge in [-0.05, 0) is 5.53 Å². The zero-order valence-corrected chi connectivity index (χ0v) is 5.80. The molecule has 11 heavy (non-hydrogen) atoms. The van der Waals surface area contributed by atoms with Gasteiger partial charge in [0, 0.05) is 17.5 Å². The molecule has 60 valence electrons. The summed E-state index contributed by atoms with van der Waals surface area (Å²) in [5.41, 5.74) is 7.97. The molecule has 1 rings (SSSR count). The summed E-state index contributed by atoms with van der Waals surface area (Å²) < 4.78 is 4.95. The highest BCUT2D eigenvalue weighted by molar-refractivity contribution is 5.55. The average Bonchev–Trinajstić information content (AvgIpc) is 2.48. The molecule has 0 aromatic carbocycles. The highest BCUT2D eigenvalue weighted by Gasteiger charge is 2.22. The molecule has 0 aromatic rings. The Hall–Kier alpha value is -1.10. The predicted molar refractivity (Wildman–Crippen MR) is 36.7 cm³/mol. The molecule has 0 saturated carbocycles. The number of ether oxygens (including phenoxy) is 1. The zero-order chi connectivity index (χ0) is 8.10. The van der Waals surface area contributed by atoms with Crippen LogP contribution in [-0.4, -0.2) is 31.7 Å². The maximum atomic E-state index is 10.1. The Kier molecular flexibility index (Phi) is 2.85.